The number of thiophene rings is 1. The van der Waals surface area contributed by atoms with Crippen LogP contribution in [-0.2, 0) is 20.0 Å². The van der Waals surface area contributed by atoms with Gasteiger partial charge < -0.3 is 5.32 Å². The van der Waals surface area contributed by atoms with E-state index < -0.39 is 0 Å². The minimum Gasteiger partial charge on any atom is -0.360 e. The van der Waals surface area contributed by atoms with Crippen LogP contribution < -0.4 is 5.32 Å². The van der Waals surface area contributed by atoms with Crippen LogP contribution in [0.2, 0.25) is 0 Å². The lowest BCUT2D eigenvalue weighted by Gasteiger charge is -2.05. The Kier molecular flexibility index (Phi) is 4.39. The van der Waals surface area contributed by atoms with E-state index in [1.165, 1.54) is 10.4 Å². The normalized spacial score (nSPS) is 10.8. The second-order valence-corrected chi connectivity index (χ2v) is 5.66. The summed E-state index contributed by atoms with van der Waals surface area (Å²) in [6.07, 6.45) is 1.45. The molecule has 0 aromatic carbocycles. The number of anilines is 1. The third kappa shape index (κ3) is 2.82. The van der Waals surface area contributed by atoms with Gasteiger partial charge in [0, 0.05) is 11.9 Å². The van der Waals surface area contributed by atoms with Gasteiger partial charge in [-0.2, -0.15) is 5.10 Å². The van der Waals surface area contributed by atoms with Crippen LogP contribution >= 0.6 is 11.3 Å². The summed E-state index contributed by atoms with van der Waals surface area (Å²) in [5.74, 6) is 0.478. The molecule has 108 valence electrons. The Morgan fingerprint density at radius 3 is 2.85 bits per heavy atom. The highest BCUT2D eigenvalue weighted by Crippen LogP contribution is 2.30. The molecule has 0 unspecified atom stereocenters. The maximum absolute atomic E-state index is 11.3. The Hall–Kier alpha value is -1.89. The predicted molar refractivity (Wildman–Crippen MR) is 80.2 cm³/mol. The molecule has 0 fully saturated rings. The fraction of sp³-hybridized carbons (Fsp3) is 0.462. The summed E-state index contributed by atoms with van der Waals surface area (Å²) in [5, 5.41) is 20.7. The Bertz CT molecular complexity index is 618. The van der Waals surface area contributed by atoms with Crippen LogP contribution in [0.1, 0.15) is 29.5 Å². The Labute approximate surface area is 121 Å². The van der Waals surface area contributed by atoms with E-state index in [4.69, 9.17) is 0 Å². The average molecular weight is 294 g/mol. The molecule has 0 spiro atoms. The fourth-order valence-electron chi connectivity index (χ4n) is 2.11. The van der Waals surface area contributed by atoms with Gasteiger partial charge in [0.2, 0.25) is 5.82 Å². The van der Waals surface area contributed by atoms with Crippen LogP contribution in [0.15, 0.2) is 11.4 Å². The molecular formula is C13H18N4O2S. The molecule has 0 atom stereocenters. The van der Waals surface area contributed by atoms with Crippen LogP contribution in [0, 0.1) is 17.0 Å². The van der Waals surface area contributed by atoms with Crippen molar-refractivity contribution in [3.63, 3.8) is 0 Å². The molecule has 0 saturated carbocycles. The summed E-state index contributed by atoms with van der Waals surface area (Å²) < 4.78 is 1.56. The quantitative estimate of drug-likeness (QED) is 0.655. The van der Waals surface area contributed by atoms with Gasteiger partial charge in [-0.05, 0) is 30.4 Å². The summed E-state index contributed by atoms with van der Waals surface area (Å²) in [5.41, 5.74) is 1.84. The number of aryl methyl sites for hydroxylation is 3. The number of rotatable bonds is 6. The molecule has 2 heterocycles. The molecule has 0 radical (unpaired) electrons. The summed E-state index contributed by atoms with van der Waals surface area (Å²) in [7, 11) is 1.73. The van der Waals surface area contributed by atoms with Gasteiger partial charge in [0.05, 0.1) is 11.5 Å². The zero-order valence-corrected chi connectivity index (χ0v) is 12.7. The lowest BCUT2D eigenvalue weighted by atomic mass is 10.2. The zero-order chi connectivity index (χ0) is 14.7. The Balaban J connectivity index is 2.26. The van der Waals surface area contributed by atoms with Crippen LogP contribution in [0.5, 0.6) is 0 Å². The molecule has 2 aromatic rings. The van der Waals surface area contributed by atoms with Crippen molar-refractivity contribution in [1.29, 1.82) is 0 Å². The summed E-state index contributed by atoms with van der Waals surface area (Å²) in [6.45, 7) is 4.60. The lowest BCUT2D eigenvalue weighted by molar-refractivity contribution is -0.384. The number of hydrogen-bond acceptors (Lipinski definition) is 5. The van der Waals surface area contributed by atoms with Crippen molar-refractivity contribution in [1.82, 2.24) is 9.78 Å². The van der Waals surface area contributed by atoms with E-state index in [2.05, 4.69) is 10.4 Å². The van der Waals surface area contributed by atoms with Crippen molar-refractivity contribution in [2.75, 3.05) is 5.32 Å². The molecule has 0 bridgehead atoms. The number of nitrogens with zero attached hydrogens (tertiary/aromatic N) is 3. The smallest absolute Gasteiger partial charge is 0.334 e. The molecule has 0 saturated heterocycles. The minimum absolute atomic E-state index is 0.101. The molecule has 0 amide bonds. The first kappa shape index (κ1) is 14.5. The largest absolute Gasteiger partial charge is 0.360 e. The topological polar surface area (TPSA) is 73.0 Å². The van der Waals surface area contributed by atoms with Crippen molar-refractivity contribution < 1.29 is 4.92 Å². The van der Waals surface area contributed by atoms with Crippen LogP contribution in [0.3, 0.4) is 0 Å². The van der Waals surface area contributed by atoms with E-state index >= 15 is 0 Å². The van der Waals surface area contributed by atoms with Crippen molar-refractivity contribution in [3.05, 3.63) is 37.7 Å². The molecule has 2 aromatic heterocycles. The summed E-state index contributed by atoms with van der Waals surface area (Å²) >= 11 is 1.64. The van der Waals surface area contributed by atoms with E-state index in [1.54, 1.807) is 23.1 Å². The SMILES string of the molecule is CCCc1nn(C)c(NCc2sccc2C)c1[N+](=O)[O-]. The number of nitro groups is 1. The molecule has 1 N–H and O–H groups in total. The van der Waals surface area contributed by atoms with E-state index in [1.807, 2.05) is 25.3 Å². The molecule has 6 nitrogen and oxygen atoms in total. The highest BCUT2D eigenvalue weighted by Gasteiger charge is 2.25. The average Bonchev–Trinajstić information content (AvgIpc) is 2.91. The van der Waals surface area contributed by atoms with Gasteiger partial charge in [0.15, 0.2) is 0 Å². The van der Waals surface area contributed by atoms with Gasteiger partial charge in [-0.15, -0.1) is 11.3 Å². The monoisotopic (exact) mass is 294 g/mol. The highest BCUT2D eigenvalue weighted by atomic mass is 32.1. The minimum atomic E-state index is -0.346. The highest BCUT2D eigenvalue weighted by molar-refractivity contribution is 7.10. The van der Waals surface area contributed by atoms with Gasteiger partial charge in [0.1, 0.15) is 5.69 Å². The van der Waals surface area contributed by atoms with Crippen molar-refractivity contribution in [3.8, 4) is 0 Å². The van der Waals surface area contributed by atoms with Crippen LogP contribution in [0.4, 0.5) is 11.5 Å². The first-order chi connectivity index (χ1) is 9.54. The Morgan fingerprint density at radius 1 is 1.55 bits per heavy atom. The van der Waals surface area contributed by atoms with Gasteiger partial charge in [0.25, 0.3) is 0 Å². The van der Waals surface area contributed by atoms with Crippen LogP contribution in [0.25, 0.3) is 0 Å². The third-order valence-corrected chi connectivity index (χ3v) is 4.17. The molecule has 7 heteroatoms. The number of nitrogens with one attached hydrogen (secondary N) is 1. The van der Waals surface area contributed by atoms with Crippen molar-refractivity contribution >= 4 is 22.8 Å². The Morgan fingerprint density at radius 2 is 2.30 bits per heavy atom. The van der Waals surface area contributed by atoms with Crippen LogP contribution in [-0.4, -0.2) is 14.7 Å². The van der Waals surface area contributed by atoms with E-state index in [0.717, 1.165) is 6.42 Å². The standard InChI is InChI=1S/C13H18N4O2S/c1-4-5-10-12(17(18)19)13(16(3)15-10)14-8-11-9(2)6-7-20-11/h6-7,14H,4-5,8H2,1-3H3. The second-order valence-electron chi connectivity index (χ2n) is 4.65. The van der Waals surface area contributed by atoms with Gasteiger partial charge in [-0.3, -0.25) is 10.1 Å². The first-order valence-electron chi connectivity index (χ1n) is 6.51. The number of aromatic nitrogens is 2. The second kappa shape index (κ2) is 6.04. The molecule has 2 rings (SSSR count). The number of hydrogen-bond donors (Lipinski definition) is 1. The molecule has 20 heavy (non-hydrogen) atoms. The van der Waals surface area contributed by atoms with Gasteiger partial charge >= 0.3 is 5.69 Å². The first-order valence-corrected chi connectivity index (χ1v) is 7.39. The van der Waals surface area contributed by atoms with E-state index in [-0.39, 0.29) is 10.6 Å². The zero-order valence-electron chi connectivity index (χ0n) is 11.8. The van der Waals surface area contributed by atoms with Crippen molar-refractivity contribution in [2.45, 2.75) is 33.2 Å². The van der Waals surface area contributed by atoms with E-state index in [0.29, 0.717) is 24.5 Å². The van der Waals surface area contributed by atoms with Gasteiger partial charge in [-0.1, -0.05) is 13.3 Å². The third-order valence-electron chi connectivity index (χ3n) is 3.15. The molecule has 0 aliphatic rings. The van der Waals surface area contributed by atoms with Gasteiger partial charge in [-0.25, -0.2) is 4.68 Å². The molecule has 0 aliphatic heterocycles. The molecule has 0 aliphatic carbocycles. The predicted octanol–water partition coefficient (Wildman–Crippen LogP) is 3.26. The summed E-state index contributed by atoms with van der Waals surface area (Å²) in [6, 6.07) is 2.04. The fourth-order valence-corrected chi connectivity index (χ4v) is 2.96. The summed E-state index contributed by atoms with van der Waals surface area (Å²) in [4.78, 5) is 12.1. The maximum atomic E-state index is 11.3. The van der Waals surface area contributed by atoms with E-state index in [9.17, 15) is 10.1 Å². The molecular weight excluding hydrogens is 276 g/mol. The maximum Gasteiger partial charge on any atom is 0.334 e. The lowest BCUT2D eigenvalue weighted by Crippen LogP contribution is -2.06. The van der Waals surface area contributed by atoms with Crippen molar-refractivity contribution in [2.24, 2.45) is 7.05 Å².